The zero-order chi connectivity index (χ0) is 15.4. The minimum absolute atomic E-state index is 0.00629. The van der Waals surface area contributed by atoms with Crippen molar-refractivity contribution in [2.45, 2.75) is 31.4 Å². The average Bonchev–Trinajstić information content (AvgIpc) is 2.99. The largest absolute Gasteiger partial charge is 0.487 e. The van der Waals surface area contributed by atoms with Crippen LogP contribution in [0.2, 0.25) is 0 Å². The molecule has 2 fully saturated rings. The molecule has 6 nitrogen and oxygen atoms in total. The highest BCUT2D eigenvalue weighted by Crippen LogP contribution is 2.26. The van der Waals surface area contributed by atoms with Crippen LogP contribution in [0.3, 0.4) is 0 Å². The van der Waals surface area contributed by atoms with Crippen LogP contribution in [0.1, 0.15) is 19.3 Å². The van der Waals surface area contributed by atoms with Crippen molar-refractivity contribution in [3.8, 4) is 5.75 Å². The first-order valence-corrected chi connectivity index (χ1v) is 8.41. The van der Waals surface area contributed by atoms with Crippen molar-refractivity contribution in [3.05, 3.63) is 22.9 Å². The van der Waals surface area contributed by atoms with Gasteiger partial charge in [-0.05, 0) is 34.8 Å². The van der Waals surface area contributed by atoms with Crippen molar-refractivity contribution in [2.24, 2.45) is 0 Å². The van der Waals surface area contributed by atoms with Crippen LogP contribution in [0, 0.1) is 0 Å². The Morgan fingerprint density at radius 2 is 2.23 bits per heavy atom. The minimum Gasteiger partial charge on any atom is -0.487 e. The first-order chi connectivity index (χ1) is 10.7. The number of hydrogen-bond donors (Lipinski definition) is 1. The van der Waals surface area contributed by atoms with Crippen LogP contribution in [-0.2, 0) is 4.74 Å². The minimum atomic E-state index is 0.00629. The summed E-state index contributed by atoms with van der Waals surface area (Å²) < 4.78 is 12.1. The van der Waals surface area contributed by atoms with Crippen molar-refractivity contribution >= 4 is 22.0 Å². The van der Waals surface area contributed by atoms with Gasteiger partial charge < -0.3 is 19.7 Å². The molecule has 1 N–H and O–H groups in total. The Hall–Kier alpha value is -1.34. The van der Waals surface area contributed by atoms with E-state index in [1.165, 1.54) is 0 Å². The van der Waals surface area contributed by atoms with Crippen LogP contribution in [0.5, 0.6) is 5.75 Å². The topological polar surface area (TPSA) is 63.7 Å². The molecule has 22 heavy (non-hydrogen) atoms. The quantitative estimate of drug-likeness (QED) is 0.886. The second-order valence-electron chi connectivity index (χ2n) is 5.62. The van der Waals surface area contributed by atoms with Gasteiger partial charge in [0.1, 0.15) is 11.9 Å². The van der Waals surface area contributed by atoms with E-state index in [-0.39, 0.29) is 18.2 Å². The number of aromatic nitrogens is 1. The van der Waals surface area contributed by atoms with Gasteiger partial charge in [-0.3, -0.25) is 4.98 Å². The third-order valence-corrected chi connectivity index (χ3v) is 4.61. The van der Waals surface area contributed by atoms with E-state index in [9.17, 15) is 4.79 Å². The molecule has 1 atom stereocenters. The number of amides is 2. The van der Waals surface area contributed by atoms with Crippen LogP contribution in [0.15, 0.2) is 22.9 Å². The normalized spacial score (nSPS) is 22.6. The molecule has 7 heteroatoms. The van der Waals surface area contributed by atoms with Gasteiger partial charge in [-0.2, -0.15) is 0 Å². The molecule has 0 aromatic carbocycles. The molecule has 120 valence electrons. The number of nitrogens with zero attached hydrogens (tertiary/aromatic N) is 2. The van der Waals surface area contributed by atoms with Crippen molar-refractivity contribution in [1.82, 2.24) is 15.2 Å². The highest BCUT2D eigenvalue weighted by molar-refractivity contribution is 9.10. The number of rotatable bonds is 3. The molecule has 0 bridgehead atoms. The lowest BCUT2D eigenvalue weighted by atomic mass is 10.1. The summed E-state index contributed by atoms with van der Waals surface area (Å²) in [7, 11) is 0. The SMILES string of the molecule is O=C(NC1CCOCC1)N1CCC(Oc2ccncc2Br)C1. The van der Waals surface area contributed by atoms with Gasteiger partial charge in [0.2, 0.25) is 0 Å². The molecular weight excluding hydrogens is 350 g/mol. The van der Waals surface area contributed by atoms with E-state index in [1.807, 2.05) is 11.0 Å². The number of carbonyl (C=O) groups is 1. The standard InChI is InChI=1S/C15H20BrN3O3/c16-13-9-17-5-1-14(13)22-12-2-6-19(10-12)15(20)18-11-3-7-21-8-4-11/h1,5,9,11-12H,2-4,6-8,10H2,(H,18,20). The van der Waals surface area contributed by atoms with Gasteiger partial charge in [0, 0.05) is 44.6 Å². The lowest BCUT2D eigenvalue weighted by Crippen LogP contribution is -2.46. The number of nitrogens with one attached hydrogen (secondary N) is 1. The molecule has 0 spiro atoms. The van der Waals surface area contributed by atoms with Gasteiger partial charge in [-0.15, -0.1) is 0 Å². The summed E-state index contributed by atoms with van der Waals surface area (Å²) in [5.41, 5.74) is 0. The van der Waals surface area contributed by atoms with E-state index in [1.54, 1.807) is 12.4 Å². The molecule has 2 saturated heterocycles. The predicted molar refractivity (Wildman–Crippen MR) is 84.9 cm³/mol. The smallest absolute Gasteiger partial charge is 0.317 e. The second-order valence-corrected chi connectivity index (χ2v) is 6.47. The number of ether oxygens (including phenoxy) is 2. The summed E-state index contributed by atoms with van der Waals surface area (Å²) in [6.45, 7) is 2.80. The molecule has 3 rings (SSSR count). The van der Waals surface area contributed by atoms with Crippen LogP contribution < -0.4 is 10.1 Å². The average molecular weight is 370 g/mol. The Morgan fingerprint density at radius 3 is 3.00 bits per heavy atom. The van der Waals surface area contributed by atoms with Crippen LogP contribution in [0.25, 0.3) is 0 Å². The molecular formula is C15H20BrN3O3. The Bertz CT molecular complexity index is 523. The Balaban J connectivity index is 1.49. The Labute approximate surface area is 138 Å². The third-order valence-electron chi connectivity index (χ3n) is 4.01. The second kappa shape index (κ2) is 7.28. The Kier molecular flexibility index (Phi) is 5.15. The highest BCUT2D eigenvalue weighted by Gasteiger charge is 2.29. The maximum atomic E-state index is 12.3. The summed E-state index contributed by atoms with van der Waals surface area (Å²) >= 11 is 3.42. The van der Waals surface area contributed by atoms with Crippen LogP contribution in [0.4, 0.5) is 4.79 Å². The summed E-state index contributed by atoms with van der Waals surface area (Å²) in [5, 5.41) is 3.09. The molecule has 1 unspecified atom stereocenters. The van der Waals surface area contributed by atoms with E-state index in [0.717, 1.165) is 49.2 Å². The third kappa shape index (κ3) is 3.89. The molecule has 3 heterocycles. The van der Waals surface area contributed by atoms with Gasteiger partial charge >= 0.3 is 6.03 Å². The predicted octanol–water partition coefficient (Wildman–Crippen LogP) is 2.19. The summed E-state index contributed by atoms with van der Waals surface area (Å²) in [5.74, 6) is 0.770. The van der Waals surface area contributed by atoms with Gasteiger partial charge in [0.25, 0.3) is 0 Å². The van der Waals surface area contributed by atoms with E-state index >= 15 is 0 Å². The van der Waals surface area contributed by atoms with Crippen molar-refractivity contribution in [1.29, 1.82) is 0 Å². The zero-order valence-electron chi connectivity index (χ0n) is 12.3. The number of carbonyl (C=O) groups excluding carboxylic acids is 1. The monoisotopic (exact) mass is 369 g/mol. The van der Waals surface area contributed by atoms with Crippen molar-refractivity contribution in [2.75, 3.05) is 26.3 Å². The summed E-state index contributed by atoms with van der Waals surface area (Å²) in [6.07, 6.45) is 6.06. The van der Waals surface area contributed by atoms with Gasteiger partial charge in [0.15, 0.2) is 0 Å². The number of halogens is 1. The number of likely N-dealkylation sites (tertiary alicyclic amines) is 1. The fourth-order valence-corrected chi connectivity index (χ4v) is 3.10. The lowest BCUT2D eigenvalue weighted by molar-refractivity contribution is 0.0783. The summed E-state index contributed by atoms with van der Waals surface area (Å²) in [6, 6.07) is 2.07. The van der Waals surface area contributed by atoms with Crippen LogP contribution >= 0.6 is 15.9 Å². The van der Waals surface area contributed by atoms with E-state index in [0.29, 0.717) is 6.54 Å². The molecule has 2 aliphatic heterocycles. The number of hydrogen-bond acceptors (Lipinski definition) is 4. The van der Waals surface area contributed by atoms with Gasteiger partial charge in [-0.25, -0.2) is 4.79 Å². The molecule has 1 aromatic rings. The fourth-order valence-electron chi connectivity index (χ4n) is 2.75. The molecule has 2 amide bonds. The highest BCUT2D eigenvalue weighted by atomic mass is 79.9. The molecule has 1 aromatic heterocycles. The fraction of sp³-hybridized carbons (Fsp3) is 0.600. The molecule has 2 aliphatic rings. The molecule has 0 radical (unpaired) electrons. The van der Waals surface area contributed by atoms with E-state index in [2.05, 4.69) is 26.2 Å². The maximum absolute atomic E-state index is 12.3. The molecule has 0 aliphatic carbocycles. The summed E-state index contributed by atoms with van der Waals surface area (Å²) in [4.78, 5) is 18.1. The van der Waals surface area contributed by atoms with E-state index < -0.39 is 0 Å². The van der Waals surface area contributed by atoms with Crippen molar-refractivity contribution < 1.29 is 14.3 Å². The number of pyridine rings is 1. The number of urea groups is 1. The first kappa shape index (κ1) is 15.6. The van der Waals surface area contributed by atoms with E-state index in [4.69, 9.17) is 9.47 Å². The van der Waals surface area contributed by atoms with Crippen molar-refractivity contribution in [3.63, 3.8) is 0 Å². The lowest BCUT2D eigenvalue weighted by Gasteiger charge is -2.26. The first-order valence-electron chi connectivity index (χ1n) is 7.62. The maximum Gasteiger partial charge on any atom is 0.317 e. The zero-order valence-corrected chi connectivity index (χ0v) is 13.9. The Morgan fingerprint density at radius 1 is 1.41 bits per heavy atom. The molecule has 0 saturated carbocycles. The van der Waals surface area contributed by atoms with Gasteiger partial charge in [-0.1, -0.05) is 0 Å². The van der Waals surface area contributed by atoms with Crippen LogP contribution in [-0.4, -0.2) is 54.4 Å². The van der Waals surface area contributed by atoms with Gasteiger partial charge in [0.05, 0.1) is 11.0 Å².